The molecule has 21 heavy (non-hydrogen) atoms. The molecule has 1 aromatic heterocycles. The molecule has 0 saturated carbocycles. The maximum atomic E-state index is 12.1. The van der Waals surface area contributed by atoms with Crippen LogP contribution in [0.5, 0.6) is 0 Å². The lowest BCUT2D eigenvalue weighted by Gasteiger charge is -2.07. The van der Waals surface area contributed by atoms with E-state index in [-0.39, 0.29) is 22.0 Å². The lowest BCUT2D eigenvalue weighted by Crippen LogP contribution is -2.23. The molecule has 0 atom stereocenters. The lowest BCUT2D eigenvalue weighted by molar-refractivity contribution is 0.0697. The summed E-state index contributed by atoms with van der Waals surface area (Å²) in [6.45, 7) is 0.129. The molecule has 0 radical (unpaired) electrons. The molecule has 0 aliphatic carbocycles. The highest BCUT2D eigenvalue weighted by molar-refractivity contribution is 9.11. The van der Waals surface area contributed by atoms with Crippen LogP contribution in [0.4, 0.5) is 0 Å². The van der Waals surface area contributed by atoms with E-state index in [2.05, 4.69) is 20.7 Å². The van der Waals surface area contributed by atoms with Crippen LogP contribution in [0.25, 0.3) is 0 Å². The Labute approximate surface area is 138 Å². The monoisotopic (exact) mass is 409 g/mol. The molecule has 0 aliphatic rings. The van der Waals surface area contributed by atoms with Crippen molar-refractivity contribution in [2.45, 2.75) is 11.4 Å². The number of carbonyl (C=O) groups is 1. The number of nitrogens with one attached hydrogen (secondary N) is 1. The Balaban J connectivity index is 2.23. The first-order valence-corrected chi connectivity index (χ1v) is 9.03. The first-order chi connectivity index (χ1) is 9.79. The largest absolute Gasteiger partial charge is 0.478 e. The Morgan fingerprint density at radius 3 is 2.62 bits per heavy atom. The molecular weight excluding hydrogens is 402 g/mol. The Hall–Kier alpha value is -0.930. The molecule has 1 heterocycles. The van der Waals surface area contributed by atoms with Gasteiger partial charge in [0, 0.05) is 11.4 Å². The molecule has 0 unspecified atom stereocenters. The second-order valence-electron chi connectivity index (χ2n) is 3.98. The van der Waals surface area contributed by atoms with Crippen molar-refractivity contribution in [3.63, 3.8) is 0 Å². The quantitative estimate of drug-likeness (QED) is 0.792. The molecule has 9 heteroatoms. The van der Waals surface area contributed by atoms with Crippen molar-refractivity contribution in [1.82, 2.24) is 4.72 Å². The van der Waals surface area contributed by atoms with Crippen LogP contribution in [0.2, 0.25) is 5.02 Å². The molecule has 2 N–H and O–H groups in total. The van der Waals surface area contributed by atoms with Crippen LogP contribution in [0.15, 0.2) is 39.0 Å². The highest BCUT2D eigenvalue weighted by atomic mass is 79.9. The third kappa shape index (κ3) is 4.04. The number of sulfonamides is 1. The fourth-order valence-corrected chi connectivity index (χ4v) is 4.28. The van der Waals surface area contributed by atoms with E-state index in [0.29, 0.717) is 0 Å². The highest BCUT2D eigenvalue weighted by Gasteiger charge is 2.18. The number of benzene rings is 1. The standard InChI is InChI=1S/C12H9BrClNO4S2/c13-11-4-1-7(20-11)6-15-21(18,19)8-2-3-10(14)9(5-8)12(16)17/h1-5,15H,6H2,(H,16,17). The van der Waals surface area contributed by atoms with Crippen LogP contribution < -0.4 is 4.72 Å². The summed E-state index contributed by atoms with van der Waals surface area (Å²) in [6, 6.07) is 7.17. The fraction of sp³-hybridized carbons (Fsp3) is 0.0833. The highest BCUT2D eigenvalue weighted by Crippen LogP contribution is 2.23. The molecule has 0 spiro atoms. The minimum Gasteiger partial charge on any atom is -0.478 e. The van der Waals surface area contributed by atoms with Gasteiger partial charge in [-0.25, -0.2) is 17.9 Å². The van der Waals surface area contributed by atoms with Crippen molar-refractivity contribution in [3.8, 4) is 0 Å². The molecule has 0 saturated heterocycles. The number of carboxylic acids is 1. The summed E-state index contributed by atoms with van der Waals surface area (Å²) in [5.74, 6) is -1.28. The molecule has 1 aromatic carbocycles. The molecule has 0 bridgehead atoms. The normalized spacial score (nSPS) is 11.5. The maximum Gasteiger partial charge on any atom is 0.337 e. The third-order valence-corrected chi connectivity index (χ3v) is 5.90. The zero-order chi connectivity index (χ0) is 15.6. The summed E-state index contributed by atoms with van der Waals surface area (Å²) in [5, 5.41) is 8.95. The number of halogens is 2. The lowest BCUT2D eigenvalue weighted by atomic mass is 10.2. The molecule has 0 aliphatic heterocycles. The molecular formula is C12H9BrClNO4S2. The number of thiophene rings is 1. The molecule has 2 rings (SSSR count). The second kappa shape index (κ2) is 6.45. The predicted octanol–water partition coefficient (Wildman–Crippen LogP) is 3.34. The average Bonchev–Trinajstić information content (AvgIpc) is 2.82. The van der Waals surface area contributed by atoms with E-state index >= 15 is 0 Å². The Bertz CT molecular complexity index is 788. The minimum atomic E-state index is -3.80. The van der Waals surface area contributed by atoms with Gasteiger partial charge in [0.15, 0.2) is 0 Å². The smallest absolute Gasteiger partial charge is 0.337 e. The van der Waals surface area contributed by atoms with Gasteiger partial charge in [0.2, 0.25) is 10.0 Å². The number of carboxylic acid groups (broad SMARTS) is 1. The SMILES string of the molecule is O=C(O)c1cc(S(=O)(=O)NCc2ccc(Br)s2)ccc1Cl. The van der Waals surface area contributed by atoms with Gasteiger partial charge in [-0.3, -0.25) is 0 Å². The van der Waals surface area contributed by atoms with E-state index in [1.165, 1.54) is 23.5 Å². The van der Waals surface area contributed by atoms with Crippen LogP contribution in [-0.4, -0.2) is 19.5 Å². The number of rotatable bonds is 5. The van der Waals surface area contributed by atoms with Gasteiger partial charge in [-0.15, -0.1) is 11.3 Å². The van der Waals surface area contributed by atoms with Gasteiger partial charge in [0.25, 0.3) is 0 Å². The predicted molar refractivity (Wildman–Crippen MR) is 84.5 cm³/mol. The number of hydrogen-bond acceptors (Lipinski definition) is 4. The van der Waals surface area contributed by atoms with Crippen LogP contribution in [0, 0.1) is 0 Å². The zero-order valence-corrected chi connectivity index (χ0v) is 14.3. The van der Waals surface area contributed by atoms with Crippen LogP contribution in [0.1, 0.15) is 15.2 Å². The van der Waals surface area contributed by atoms with E-state index in [9.17, 15) is 13.2 Å². The van der Waals surface area contributed by atoms with Gasteiger partial charge >= 0.3 is 5.97 Å². The number of aromatic carboxylic acids is 1. The maximum absolute atomic E-state index is 12.1. The van der Waals surface area contributed by atoms with E-state index in [1.54, 1.807) is 6.07 Å². The van der Waals surface area contributed by atoms with Gasteiger partial charge in [0.1, 0.15) is 0 Å². The summed E-state index contributed by atoms with van der Waals surface area (Å²) in [4.78, 5) is 11.7. The Morgan fingerprint density at radius 1 is 1.33 bits per heavy atom. The van der Waals surface area contributed by atoms with Crippen molar-refractivity contribution in [2.75, 3.05) is 0 Å². The minimum absolute atomic E-state index is 0.0105. The fourth-order valence-electron chi connectivity index (χ4n) is 1.53. The molecule has 0 fully saturated rings. The van der Waals surface area contributed by atoms with E-state index in [1.807, 2.05) is 6.07 Å². The van der Waals surface area contributed by atoms with Crippen molar-refractivity contribution < 1.29 is 18.3 Å². The van der Waals surface area contributed by atoms with Crippen molar-refractivity contribution >= 4 is 54.9 Å². The van der Waals surface area contributed by atoms with E-state index in [0.717, 1.165) is 14.7 Å². The van der Waals surface area contributed by atoms with Gasteiger partial charge in [-0.05, 0) is 46.3 Å². The molecule has 0 amide bonds. The van der Waals surface area contributed by atoms with Crippen molar-refractivity contribution in [3.05, 3.63) is 49.6 Å². The molecule has 5 nitrogen and oxygen atoms in total. The summed E-state index contributed by atoms with van der Waals surface area (Å²) in [6.07, 6.45) is 0. The van der Waals surface area contributed by atoms with Crippen LogP contribution >= 0.6 is 38.9 Å². The topological polar surface area (TPSA) is 83.5 Å². The molecule has 112 valence electrons. The molecule has 2 aromatic rings. The summed E-state index contributed by atoms with van der Waals surface area (Å²) in [7, 11) is -3.80. The Kier molecular flexibility index (Phi) is 5.05. The van der Waals surface area contributed by atoms with Crippen molar-refractivity contribution in [2.24, 2.45) is 0 Å². The van der Waals surface area contributed by atoms with Gasteiger partial charge < -0.3 is 5.11 Å². The van der Waals surface area contributed by atoms with Crippen molar-refractivity contribution in [1.29, 1.82) is 0 Å². The van der Waals surface area contributed by atoms with Crippen LogP contribution in [0.3, 0.4) is 0 Å². The van der Waals surface area contributed by atoms with E-state index < -0.39 is 16.0 Å². The number of hydrogen-bond donors (Lipinski definition) is 2. The summed E-state index contributed by atoms with van der Waals surface area (Å²) < 4.78 is 27.6. The summed E-state index contributed by atoms with van der Waals surface area (Å²) in [5.41, 5.74) is -0.251. The first kappa shape index (κ1) is 16.4. The zero-order valence-electron chi connectivity index (χ0n) is 10.3. The second-order valence-corrected chi connectivity index (χ2v) is 8.70. The van der Waals surface area contributed by atoms with E-state index in [4.69, 9.17) is 16.7 Å². The van der Waals surface area contributed by atoms with Crippen LogP contribution in [-0.2, 0) is 16.6 Å². The van der Waals surface area contributed by atoms with Gasteiger partial charge in [0.05, 0.1) is 19.3 Å². The van der Waals surface area contributed by atoms with Gasteiger partial charge in [-0.1, -0.05) is 11.6 Å². The first-order valence-electron chi connectivity index (χ1n) is 5.56. The van der Waals surface area contributed by atoms with Gasteiger partial charge in [-0.2, -0.15) is 0 Å². The third-order valence-electron chi connectivity index (χ3n) is 2.54. The summed E-state index contributed by atoms with van der Waals surface area (Å²) >= 11 is 10.4. The Morgan fingerprint density at radius 2 is 2.05 bits per heavy atom. The average molecular weight is 411 g/mol.